The van der Waals surface area contributed by atoms with Gasteiger partial charge < -0.3 is 4.74 Å². The molecule has 0 fully saturated rings. The maximum atomic E-state index is 11.4. The summed E-state index contributed by atoms with van der Waals surface area (Å²) in [5.41, 5.74) is 1.46. The molecule has 0 saturated carbocycles. The summed E-state index contributed by atoms with van der Waals surface area (Å²) in [5.74, 6) is -0.328. The molecule has 15 heavy (non-hydrogen) atoms. The van der Waals surface area contributed by atoms with Crippen molar-refractivity contribution in [3.05, 3.63) is 48.0 Å². The van der Waals surface area contributed by atoms with E-state index in [2.05, 4.69) is 6.58 Å². The second kappa shape index (κ2) is 5.35. The second-order valence-electron chi connectivity index (χ2n) is 3.49. The van der Waals surface area contributed by atoms with Gasteiger partial charge in [0.15, 0.2) is 0 Å². The maximum absolute atomic E-state index is 11.4. The lowest BCUT2D eigenvalue weighted by atomic mass is 10.1. The van der Waals surface area contributed by atoms with Gasteiger partial charge in [0.05, 0.1) is 0 Å². The monoisotopic (exact) mass is 204 g/mol. The first-order valence-corrected chi connectivity index (χ1v) is 5.06. The van der Waals surface area contributed by atoms with Crippen molar-refractivity contribution < 1.29 is 9.53 Å². The number of rotatable bonds is 4. The van der Waals surface area contributed by atoms with Crippen LogP contribution in [0.2, 0.25) is 0 Å². The first kappa shape index (κ1) is 11.5. The van der Waals surface area contributed by atoms with Crippen molar-refractivity contribution in [1.29, 1.82) is 0 Å². The lowest BCUT2D eigenvalue weighted by molar-refractivity contribution is -0.144. The summed E-state index contributed by atoms with van der Waals surface area (Å²) in [6.07, 6.45) is 0.596. The Balaban J connectivity index is 2.73. The molecule has 1 aromatic carbocycles. The molecule has 2 nitrogen and oxygen atoms in total. The quantitative estimate of drug-likeness (QED) is 0.556. The third-order valence-electron chi connectivity index (χ3n) is 2.14. The Morgan fingerprint density at radius 1 is 1.40 bits per heavy atom. The molecule has 1 aromatic rings. The lowest BCUT2D eigenvalue weighted by Crippen LogP contribution is -2.11. The van der Waals surface area contributed by atoms with Crippen molar-refractivity contribution in [1.82, 2.24) is 0 Å². The summed E-state index contributed by atoms with van der Waals surface area (Å²) >= 11 is 0. The predicted molar refractivity (Wildman–Crippen MR) is 60.4 cm³/mol. The fraction of sp³-hybridized carbons (Fsp3) is 0.308. The molecule has 0 amide bonds. The Bertz CT molecular complexity index is 341. The molecule has 0 spiro atoms. The van der Waals surface area contributed by atoms with E-state index >= 15 is 0 Å². The minimum absolute atomic E-state index is 0.171. The third-order valence-corrected chi connectivity index (χ3v) is 2.14. The molecule has 0 N–H and O–H groups in total. The Kier molecular flexibility index (Phi) is 4.10. The zero-order chi connectivity index (χ0) is 11.3. The Labute approximate surface area is 90.6 Å². The van der Waals surface area contributed by atoms with E-state index in [1.165, 1.54) is 0 Å². The summed E-state index contributed by atoms with van der Waals surface area (Å²) in [4.78, 5) is 11.4. The van der Waals surface area contributed by atoms with Crippen LogP contribution in [0.1, 0.15) is 31.9 Å². The van der Waals surface area contributed by atoms with Gasteiger partial charge in [-0.05, 0) is 18.9 Å². The van der Waals surface area contributed by atoms with Crippen molar-refractivity contribution in [2.24, 2.45) is 0 Å². The fourth-order valence-corrected chi connectivity index (χ4v) is 1.28. The minimum Gasteiger partial charge on any atom is -0.454 e. The maximum Gasteiger partial charge on any atom is 0.333 e. The zero-order valence-electron chi connectivity index (χ0n) is 9.19. The van der Waals surface area contributed by atoms with E-state index in [-0.39, 0.29) is 12.1 Å². The standard InChI is InChI=1S/C13H16O2/c1-4-12(15-13(14)10(2)3)11-8-6-5-7-9-11/h5-9,12H,2,4H2,1,3H3. The number of hydrogen-bond acceptors (Lipinski definition) is 2. The first-order chi connectivity index (χ1) is 7.15. The fourth-order valence-electron chi connectivity index (χ4n) is 1.28. The molecule has 0 aliphatic rings. The van der Waals surface area contributed by atoms with Gasteiger partial charge in [0, 0.05) is 5.57 Å². The summed E-state index contributed by atoms with van der Waals surface area (Å²) in [7, 11) is 0. The Hall–Kier alpha value is -1.57. The van der Waals surface area contributed by atoms with Crippen LogP contribution in [-0.2, 0) is 9.53 Å². The topological polar surface area (TPSA) is 26.3 Å². The molecule has 0 aliphatic carbocycles. The van der Waals surface area contributed by atoms with Crippen LogP contribution in [0.15, 0.2) is 42.5 Å². The molecule has 0 aliphatic heterocycles. The molecule has 0 aromatic heterocycles. The second-order valence-corrected chi connectivity index (χ2v) is 3.49. The molecule has 1 atom stereocenters. The lowest BCUT2D eigenvalue weighted by Gasteiger charge is -2.16. The third kappa shape index (κ3) is 3.24. The van der Waals surface area contributed by atoms with E-state index in [9.17, 15) is 4.79 Å². The smallest absolute Gasteiger partial charge is 0.333 e. The van der Waals surface area contributed by atoms with Gasteiger partial charge in [-0.25, -0.2) is 4.79 Å². The molecule has 1 unspecified atom stereocenters. The van der Waals surface area contributed by atoms with Gasteiger partial charge in [-0.1, -0.05) is 43.8 Å². The Morgan fingerprint density at radius 2 is 2.00 bits per heavy atom. The van der Waals surface area contributed by atoms with Crippen LogP contribution >= 0.6 is 0 Å². The highest BCUT2D eigenvalue weighted by atomic mass is 16.5. The average Bonchev–Trinajstić information content (AvgIpc) is 2.26. The molecule has 0 heterocycles. The molecule has 0 saturated heterocycles. The van der Waals surface area contributed by atoms with Gasteiger partial charge in [0.1, 0.15) is 6.10 Å². The summed E-state index contributed by atoms with van der Waals surface area (Å²) in [5, 5.41) is 0. The van der Waals surface area contributed by atoms with E-state index in [0.29, 0.717) is 5.57 Å². The average molecular weight is 204 g/mol. The van der Waals surface area contributed by atoms with Gasteiger partial charge in [-0.15, -0.1) is 0 Å². The molecule has 0 radical (unpaired) electrons. The van der Waals surface area contributed by atoms with Crippen LogP contribution in [0.25, 0.3) is 0 Å². The van der Waals surface area contributed by atoms with Crippen molar-refractivity contribution in [2.75, 3.05) is 0 Å². The molecule has 1 rings (SSSR count). The van der Waals surface area contributed by atoms with Crippen molar-refractivity contribution in [2.45, 2.75) is 26.4 Å². The first-order valence-electron chi connectivity index (χ1n) is 5.06. The normalized spacial score (nSPS) is 11.9. The van der Waals surface area contributed by atoms with Gasteiger partial charge in [-0.3, -0.25) is 0 Å². The van der Waals surface area contributed by atoms with E-state index in [0.717, 1.165) is 12.0 Å². The van der Waals surface area contributed by atoms with Gasteiger partial charge in [-0.2, -0.15) is 0 Å². The summed E-state index contributed by atoms with van der Waals surface area (Å²) in [6, 6.07) is 9.73. The van der Waals surface area contributed by atoms with Crippen molar-refractivity contribution in [3.8, 4) is 0 Å². The molecular weight excluding hydrogens is 188 g/mol. The van der Waals surface area contributed by atoms with Crippen LogP contribution in [0.3, 0.4) is 0 Å². The van der Waals surface area contributed by atoms with Crippen LogP contribution in [0.4, 0.5) is 0 Å². The number of esters is 1. The van der Waals surface area contributed by atoms with Crippen molar-refractivity contribution in [3.63, 3.8) is 0 Å². The number of benzene rings is 1. The Morgan fingerprint density at radius 3 is 2.47 bits per heavy atom. The van der Waals surface area contributed by atoms with Gasteiger partial charge in [0.2, 0.25) is 0 Å². The number of ether oxygens (including phenoxy) is 1. The summed E-state index contributed by atoms with van der Waals surface area (Å²) in [6.45, 7) is 7.20. The molecular formula is C13H16O2. The number of carbonyl (C=O) groups excluding carboxylic acids is 1. The minimum atomic E-state index is -0.328. The zero-order valence-corrected chi connectivity index (χ0v) is 9.19. The predicted octanol–water partition coefficient (Wildman–Crippen LogP) is 3.26. The van der Waals surface area contributed by atoms with E-state index in [1.807, 2.05) is 37.3 Å². The summed E-state index contributed by atoms with van der Waals surface area (Å²) < 4.78 is 5.31. The number of hydrogen-bond donors (Lipinski definition) is 0. The molecule has 2 heteroatoms. The van der Waals surface area contributed by atoms with Crippen LogP contribution < -0.4 is 0 Å². The largest absolute Gasteiger partial charge is 0.454 e. The molecule has 80 valence electrons. The van der Waals surface area contributed by atoms with E-state index in [1.54, 1.807) is 6.92 Å². The van der Waals surface area contributed by atoms with E-state index in [4.69, 9.17) is 4.74 Å². The highest BCUT2D eigenvalue weighted by Crippen LogP contribution is 2.21. The highest BCUT2D eigenvalue weighted by Gasteiger charge is 2.14. The highest BCUT2D eigenvalue weighted by molar-refractivity contribution is 5.87. The van der Waals surface area contributed by atoms with Gasteiger partial charge in [0.25, 0.3) is 0 Å². The van der Waals surface area contributed by atoms with Gasteiger partial charge >= 0.3 is 5.97 Å². The molecule has 0 bridgehead atoms. The number of carbonyl (C=O) groups is 1. The van der Waals surface area contributed by atoms with Crippen LogP contribution in [-0.4, -0.2) is 5.97 Å². The van der Waals surface area contributed by atoms with Crippen molar-refractivity contribution >= 4 is 5.97 Å². The van der Waals surface area contributed by atoms with E-state index < -0.39 is 0 Å². The van der Waals surface area contributed by atoms with Crippen LogP contribution in [0.5, 0.6) is 0 Å². The SMILES string of the molecule is C=C(C)C(=O)OC(CC)c1ccccc1. The van der Waals surface area contributed by atoms with Crippen LogP contribution in [0, 0.1) is 0 Å².